The third kappa shape index (κ3) is 4.22. The van der Waals surface area contributed by atoms with Gasteiger partial charge in [-0.2, -0.15) is 0 Å². The summed E-state index contributed by atoms with van der Waals surface area (Å²) in [6.45, 7) is 0. The fraction of sp³-hybridized carbons (Fsp3) is 0.0476. The van der Waals surface area contributed by atoms with E-state index in [4.69, 9.17) is 4.74 Å². The molecule has 0 amide bonds. The van der Waals surface area contributed by atoms with Crippen LogP contribution < -0.4 is 4.74 Å². The van der Waals surface area contributed by atoms with Crippen molar-refractivity contribution in [2.75, 3.05) is 7.11 Å². The van der Waals surface area contributed by atoms with Crippen molar-refractivity contribution in [1.82, 2.24) is 0 Å². The summed E-state index contributed by atoms with van der Waals surface area (Å²) < 4.78 is 6.12. The quantitative estimate of drug-likeness (QED) is 0.426. The van der Waals surface area contributed by atoms with Crippen LogP contribution in [-0.4, -0.2) is 18.6 Å². The minimum Gasteiger partial charge on any atom is -0.497 e. The van der Waals surface area contributed by atoms with Crippen molar-refractivity contribution in [1.29, 1.82) is 0 Å². The molecule has 0 saturated carbocycles. The van der Waals surface area contributed by atoms with Crippen LogP contribution in [0.1, 0.15) is 15.9 Å². The van der Waals surface area contributed by atoms with Gasteiger partial charge in [-0.25, -0.2) is 4.99 Å². The van der Waals surface area contributed by atoms with Crippen molar-refractivity contribution < 1.29 is 9.53 Å². The molecular weight excluding hydrogens is 378 g/mol. The zero-order valence-corrected chi connectivity index (χ0v) is 15.2. The molecule has 3 aromatic rings. The summed E-state index contributed by atoms with van der Waals surface area (Å²) in [6.07, 6.45) is 0. The lowest BCUT2D eigenvalue weighted by Gasteiger charge is -2.08. The predicted molar refractivity (Wildman–Crippen MR) is 104 cm³/mol. The lowest BCUT2D eigenvalue weighted by atomic mass is 10.0. The number of halogens is 1. The van der Waals surface area contributed by atoms with Crippen molar-refractivity contribution in [3.63, 3.8) is 0 Å². The first-order chi connectivity index (χ1) is 12.2. The Bertz CT molecular complexity index is 885. The van der Waals surface area contributed by atoms with Crippen LogP contribution >= 0.6 is 15.9 Å². The number of ether oxygens (including phenoxy) is 1. The number of benzene rings is 3. The highest BCUT2D eigenvalue weighted by Crippen LogP contribution is 2.19. The summed E-state index contributed by atoms with van der Waals surface area (Å²) in [5.74, 6) is 0.612. The van der Waals surface area contributed by atoms with Gasteiger partial charge in [-0.15, -0.1) is 0 Å². The molecule has 0 N–H and O–H groups in total. The molecule has 0 aliphatic rings. The molecule has 3 aromatic carbocycles. The van der Waals surface area contributed by atoms with Crippen LogP contribution in [0.4, 0.5) is 5.69 Å². The van der Waals surface area contributed by atoms with Crippen molar-refractivity contribution in [3.05, 3.63) is 94.5 Å². The standard InChI is InChI=1S/C21H16BrNO2/c1-25-19-13-9-15(10-14-19)20(23-18-5-3-2-4-6-18)21(24)16-7-11-17(22)12-8-16/h2-14H,1H3. The Balaban J connectivity index is 2.06. The summed E-state index contributed by atoms with van der Waals surface area (Å²) >= 11 is 3.39. The van der Waals surface area contributed by atoms with E-state index in [-0.39, 0.29) is 5.78 Å². The molecule has 0 heterocycles. The molecule has 0 saturated heterocycles. The zero-order chi connectivity index (χ0) is 17.6. The minimum absolute atomic E-state index is 0.124. The molecule has 0 fully saturated rings. The number of para-hydroxylation sites is 1. The average molecular weight is 394 g/mol. The van der Waals surface area contributed by atoms with Crippen LogP contribution in [-0.2, 0) is 0 Å². The molecule has 0 aliphatic heterocycles. The van der Waals surface area contributed by atoms with Gasteiger partial charge in [0.05, 0.1) is 12.8 Å². The van der Waals surface area contributed by atoms with Crippen molar-refractivity contribution in [2.24, 2.45) is 4.99 Å². The van der Waals surface area contributed by atoms with E-state index >= 15 is 0 Å². The van der Waals surface area contributed by atoms with E-state index < -0.39 is 0 Å². The predicted octanol–water partition coefficient (Wildman–Crippen LogP) is 5.46. The molecular formula is C21H16BrNO2. The van der Waals surface area contributed by atoms with E-state index in [1.165, 1.54) is 0 Å². The molecule has 0 aliphatic carbocycles. The second kappa shape index (κ2) is 7.90. The number of hydrogen-bond donors (Lipinski definition) is 0. The molecule has 25 heavy (non-hydrogen) atoms. The Labute approximate surface area is 155 Å². The summed E-state index contributed by atoms with van der Waals surface area (Å²) in [6, 6.07) is 24.1. The van der Waals surface area contributed by atoms with Gasteiger partial charge in [0.15, 0.2) is 0 Å². The highest BCUT2D eigenvalue weighted by molar-refractivity contribution is 9.10. The van der Waals surface area contributed by atoms with Crippen LogP contribution in [0.3, 0.4) is 0 Å². The molecule has 0 spiro atoms. The maximum atomic E-state index is 13.0. The first-order valence-corrected chi connectivity index (χ1v) is 8.55. The number of ketones is 1. The van der Waals surface area contributed by atoms with E-state index in [9.17, 15) is 4.79 Å². The summed E-state index contributed by atoms with van der Waals surface area (Å²) in [4.78, 5) is 17.6. The fourth-order valence-corrected chi connectivity index (χ4v) is 2.63. The third-order valence-electron chi connectivity index (χ3n) is 3.68. The van der Waals surface area contributed by atoms with Crippen molar-refractivity contribution in [3.8, 4) is 5.75 Å². The van der Waals surface area contributed by atoms with Gasteiger partial charge in [-0.1, -0.05) is 34.1 Å². The van der Waals surface area contributed by atoms with Crippen LogP contribution in [0.2, 0.25) is 0 Å². The zero-order valence-electron chi connectivity index (χ0n) is 13.6. The maximum Gasteiger partial charge on any atom is 0.211 e. The van der Waals surface area contributed by atoms with E-state index in [2.05, 4.69) is 20.9 Å². The van der Waals surface area contributed by atoms with Gasteiger partial charge >= 0.3 is 0 Å². The largest absolute Gasteiger partial charge is 0.497 e. The van der Waals surface area contributed by atoms with Gasteiger partial charge in [0.25, 0.3) is 0 Å². The van der Waals surface area contributed by atoms with Crippen LogP contribution in [0.15, 0.2) is 88.3 Å². The molecule has 0 unspecified atom stereocenters. The van der Waals surface area contributed by atoms with Crippen LogP contribution in [0.25, 0.3) is 0 Å². The van der Waals surface area contributed by atoms with E-state index in [1.54, 1.807) is 19.2 Å². The number of hydrogen-bond acceptors (Lipinski definition) is 3. The first kappa shape index (κ1) is 17.1. The number of Topliss-reactive ketones (excluding diaryl/α,β-unsaturated/α-hetero) is 1. The second-order valence-electron chi connectivity index (χ2n) is 5.36. The van der Waals surface area contributed by atoms with Crippen LogP contribution in [0.5, 0.6) is 5.75 Å². The van der Waals surface area contributed by atoms with Crippen LogP contribution in [0, 0.1) is 0 Å². The molecule has 3 nitrogen and oxygen atoms in total. The number of carbonyl (C=O) groups excluding carboxylic acids is 1. The van der Waals surface area contributed by atoms with Gasteiger partial charge in [0.2, 0.25) is 5.78 Å². The number of carbonyl (C=O) groups is 1. The summed E-state index contributed by atoms with van der Waals surface area (Å²) in [7, 11) is 1.61. The summed E-state index contributed by atoms with van der Waals surface area (Å²) in [5, 5.41) is 0. The van der Waals surface area contributed by atoms with Gasteiger partial charge < -0.3 is 4.74 Å². The smallest absolute Gasteiger partial charge is 0.211 e. The Kier molecular flexibility index (Phi) is 5.41. The molecule has 0 atom stereocenters. The van der Waals surface area contributed by atoms with Crippen molar-refractivity contribution >= 4 is 33.1 Å². The normalized spacial score (nSPS) is 11.2. The number of methoxy groups -OCH3 is 1. The number of rotatable bonds is 5. The lowest BCUT2D eigenvalue weighted by molar-refractivity contribution is 0.106. The Morgan fingerprint density at radius 1 is 0.840 bits per heavy atom. The monoisotopic (exact) mass is 393 g/mol. The van der Waals surface area contributed by atoms with Crippen molar-refractivity contribution in [2.45, 2.75) is 0 Å². The minimum atomic E-state index is -0.124. The number of aliphatic imine (C=N–C) groups is 1. The van der Waals surface area contributed by atoms with Gasteiger partial charge in [-0.05, 0) is 60.7 Å². The highest BCUT2D eigenvalue weighted by atomic mass is 79.9. The molecule has 0 radical (unpaired) electrons. The fourth-order valence-electron chi connectivity index (χ4n) is 2.36. The lowest BCUT2D eigenvalue weighted by Crippen LogP contribution is -2.15. The molecule has 4 heteroatoms. The highest BCUT2D eigenvalue weighted by Gasteiger charge is 2.17. The van der Waals surface area contributed by atoms with Gasteiger partial charge in [0, 0.05) is 15.6 Å². The maximum absolute atomic E-state index is 13.0. The molecule has 0 bridgehead atoms. The third-order valence-corrected chi connectivity index (χ3v) is 4.21. The number of nitrogens with zero attached hydrogens (tertiary/aromatic N) is 1. The average Bonchev–Trinajstić information content (AvgIpc) is 2.67. The topological polar surface area (TPSA) is 38.7 Å². The SMILES string of the molecule is COc1ccc(C(=Nc2ccccc2)C(=O)c2ccc(Br)cc2)cc1. The Morgan fingerprint density at radius 2 is 1.44 bits per heavy atom. The van der Waals surface area contributed by atoms with E-state index in [1.807, 2.05) is 66.7 Å². The Morgan fingerprint density at radius 3 is 2.04 bits per heavy atom. The Hall–Kier alpha value is -2.72. The first-order valence-electron chi connectivity index (χ1n) is 7.76. The van der Waals surface area contributed by atoms with E-state index in [0.717, 1.165) is 21.5 Å². The molecule has 3 rings (SSSR count). The molecule has 0 aromatic heterocycles. The van der Waals surface area contributed by atoms with Gasteiger partial charge in [-0.3, -0.25) is 4.79 Å². The second-order valence-corrected chi connectivity index (χ2v) is 6.28. The summed E-state index contributed by atoms with van der Waals surface area (Å²) in [5.41, 5.74) is 2.47. The molecule has 124 valence electrons. The van der Waals surface area contributed by atoms with Gasteiger partial charge in [0.1, 0.15) is 11.5 Å². The van der Waals surface area contributed by atoms with E-state index in [0.29, 0.717) is 11.3 Å².